The topological polar surface area (TPSA) is 78.9 Å². The third-order valence-electron chi connectivity index (χ3n) is 13.7. The van der Waals surface area contributed by atoms with E-state index in [0.29, 0.717) is 25.7 Å². The highest BCUT2D eigenvalue weighted by Gasteiger charge is 2.19. The molecule has 1 unspecified atom stereocenters. The number of rotatable bonds is 59. The lowest BCUT2D eigenvalue weighted by atomic mass is 10.1. The second kappa shape index (κ2) is 69.3. The van der Waals surface area contributed by atoms with Gasteiger partial charge in [-0.25, -0.2) is 0 Å². The average Bonchev–Trinajstić information content (AvgIpc) is 3.49. The Morgan fingerprint density at radius 1 is 0.253 bits per heavy atom. The summed E-state index contributed by atoms with van der Waals surface area (Å²) in [6.07, 6.45) is 102. The predicted molar refractivity (Wildman–Crippen MR) is 361 cm³/mol. The number of esters is 3. The van der Waals surface area contributed by atoms with E-state index in [-0.39, 0.29) is 31.1 Å². The number of hydrogen-bond acceptors (Lipinski definition) is 6. The first-order valence-corrected chi connectivity index (χ1v) is 33.6. The van der Waals surface area contributed by atoms with Crippen LogP contribution in [0.15, 0.2) is 170 Å². The van der Waals surface area contributed by atoms with Crippen molar-refractivity contribution in [1.29, 1.82) is 0 Å². The number of carbonyl (C=O) groups excluding carboxylic acids is 3. The first-order valence-electron chi connectivity index (χ1n) is 33.6. The summed E-state index contributed by atoms with van der Waals surface area (Å²) in [5.74, 6) is -0.970. The minimum absolute atomic E-state index is 0.107. The molecule has 1 atom stereocenters. The Bertz CT molecular complexity index is 1890. The van der Waals surface area contributed by atoms with Crippen LogP contribution >= 0.6 is 0 Å². The monoisotopic (exact) mass is 1140 g/mol. The van der Waals surface area contributed by atoms with Crippen molar-refractivity contribution in [2.75, 3.05) is 13.2 Å². The normalized spacial score (nSPS) is 13.2. The maximum absolute atomic E-state index is 12.9. The van der Waals surface area contributed by atoms with Crippen LogP contribution in [0, 0.1) is 0 Å². The largest absolute Gasteiger partial charge is 0.462 e. The van der Waals surface area contributed by atoms with Crippen LogP contribution in [0.3, 0.4) is 0 Å². The highest BCUT2D eigenvalue weighted by molar-refractivity contribution is 5.71. The van der Waals surface area contributed by atoms with Gasteiger partial charge < -0.3 is 14.2 Å². The van der Waals surface area contributed by atoms with E-state index in [0.717, 1.165) is 154 Å². The molecule has 0 bridgehead atoms. The third-order valence-corrected chi connectivity index (χ3v) is 13.7. The first-order chi connectivity index (χ1) is 41.0. The molecule has 0 fully saturated rings. The number of allylic oxidation sites excluding steroid dienone is 28. The molecule has 0 aliphatic heterocycles. The molecule has 0 spiro atoms. The van der Waals surface area contributed by atoms with E-state index in [2.05, 4.69) is 191 Å². The van der Waals surface area contributed by atoms with Crippen molar-refractivity contribution < 1.29 is 28.6 Å². The van der Waals surface area contributed by atoms with Crippen molar-refractivity contribution in [3.8, 4) is 0 Å². The standard InChI is InChI=1S/C77H122O6/c1-4-7-10-13-16-19-22-25-28-30-32-33-34-35-36-37-38-39-40-41-42-43-45-46-49-52-55-58-61-64-67-70-76(79)82-73-74(72-81-75(78)69-66-63-60-57-54-51-48-27-24-21-18-15-12-9-6-3)83-77(80)71-68-65-62-59-56-53-50-47-44-31-29-26-23-20-17-14-11-8-5-2/h7,9-10,12,16-21,25-29,32-33,35-36,38-39,41-42,44,47-48,54,57,74H,4-6,8,11,13-15,22-24,30-31,34,37,40,43,45-46,49-53,55-56,58-73H2,1-3H3/b10-7-,12-9-,19-16-,20-17-,21-18-,28-25-,29-26-,33-32-,36-35-,39-38-,42-41-,47-44-,48-27-,57-54-. The molecule has 0 aliphatic carbocycles. The summed E-state index contributed by atoms with van der Waals surface area (Å²) >= 11 is 0. The molecule has 0 aromatic rings. The minimum Gasteiger partial charge on any atom is -0.462 e. The van der Waals surface area contributed by atoms with Crippen LogP contribution in [-0.4, -0.2) is 37.2 Å². The Balaban J connectivity index is 4.40. The van der Waals surface area contributed by atoms with E-state index in [1.807, 2.05) is 0 Å². The van der Waals surface area contributed by atoms with E-state index in [9.17, 15) is 14.4 Å². The number of carbonyl (C=O) groups is 3. The van der Waals surface area contributed by atoms with Crippen LogP contribution in [0.4, 0.5) is 0 Å². The van der Waals surface area contributed by atoms with Crippen molar-refractivity contribution in [1.82, 2.24) is 0 Å². The summed E-state index contributed by atoms with van der Waals surface area (Å²) in [6, 6.07) is 0. The number of ether oxygens (including phenoxy) is 3. The van der Waals surface area contributed by atoms with Gasteiger partial charge in [0.2, 0.25) is 0 Å². The third kappa shape index (κ3) is 67.4. The van der Waals surface area contributed by atoms with E-state index >= 15 is 0 Å². The van der Waals surface area contributed by atoms with Crippen molar-refractivity contribution in [2.24, 2.45) is 0 Å². The zero-order valence-electron chi connectivity index (χ0n) is 53.4. The SMILES string of the molecule is CC/C=C\C/C=C\C/C=C\C/C=C\C/C=C\C/C=C\C/C=C\CCCCCCCCCCCC(=O)OCC(COC(=O)CCCC/C=C\C/C=C\C/C=C\C/C=C\CC)OC(=O)CCCCCCCC/C=C\C/C=C\C/C=C\CCCCC. The Morgan fingerprint density at radius 2 is 0.470 bits per heavy atom. The van der Waals surface area contributed by atoms with E-state index in [4.69, 9.17) is 14.2 Å². The second-order valence-corrected chi connectivity index (χ2v) is 21.6. The maximum Gasteiger partial charge on any atom is 0.306 e. The lowest BCUT2D eigenvalue weighted by molar-refractivity contribution is -0.167. The summed E-state index contributed by atoms with van der Waals surface area (Å²) < 4.78 is 16.9. The molecule has 0 radical (unpaired) electrons. The fraction of sp³-hybridized carbons (Fsp3) is 0.597. The van der Waals surface area contributed by atoms with Crippen LogP contribution in [-0.2, 0) is 28.6 Å². The van der Waals surface area contributed by atoms with E-state index in [1.54, 1.807) is 0 Å². The highest BCUT2D eigenvalue weighted by Crippen LogP contribution is 2.15. The minimum atomic E-state index is -0.815. The van der Waals surface area contributed by atoms with Crippen LogP contribution < -0.4 is 0 Å². The Morgan fingerprint density at radius 3 is 0.759 bits per heavy atom. The summed E-state index contributed by atoms with van der Waals surface area (Å²) in [6.45, 7) is 6.33. The fourth-order valence-corrected chi connectivity index (χ4v) is 8.71. The lowest BCUT2D eigenvalue weighted by Gasteiger charge is -2.18. The lowest BCUT2D eigenvalue weighted by Crippen LogP contribution is -2.30. The zero-order chi connectivity index (χ0) is 59.9. The van der Waals surface area contributed by atoms with E-state index < -0.39 is 6.10 Å². The van der Waals surface area contributed by atoms with Crippen molar-refractivity contribution in [3.05, 3.63) is 170 Å². The molecule has 0 aromatic heterocycles. The molecule has 6 heteroatoms. The Kier molecular flexibility index (Phi) is 64.9. The maximum atomic E-state index is 12.9. The first kappa shape index (κ1) is 77.8. The van der Waals surface area contributed by atoms with Crippen LogP contribution in [0.5, 0.6) is 0 Å². The van der Waals surface area contributed by atoms with Gasteiger partial charge in [0, 0.05) is 19.3 Å². The van der Waals surface area contributed by atoms with Gasteiger partial charge >= 0.3 is 17.9 Å². The van der Waals surface area contributed by atoms with Gasteiger partial charge in [-0.05, 0) is 154 Å². The van der Waals surface area contributed by atoms with Gasteiger partial charge in [-0.1, -0.05) is 274 Å². The molecule has 0 N–H and O–H groups in total. The molecular formula is C77H122O6. The smallest absolute Gasteiger partial charge is 0.306 e. The molecule has 0 saturated carbocycles. The van der Waals surface area contributed by atoms with Crippen LogP contribution in [0.2, 0.25) is 0 Å². The Hall–Kier alpha value is -5.23. The molecule has 0 aromatic carbocycles. The van der Waals surface area contributed by atoms with Gasteiger partial charge in [-0.3, -0.25) is 14.4 Å². The average molecular weight is 1140 g/mol. The van der Waals surface area contributed by atoms with Crippen LogP contribution in [0.1, 0.15) is 278 Å². The van der Waals surface area contributed by atoms with Gasteiger partial charge in [0.05, 0.1) is 0 Å². The molecule has 0 rings (SSSR count). The van der Waals surface area contributed by atoms with E-state index in [1.165, 1.54) is 77.0 Å². The predicted octanol–water partition coefficient (Wildman–Crippen LogP) is 23.4. The molecule has 83 heavy (non-hydrogen) atoms. The number of unbranched alkanes of at least 4 members (excludes halogenated alkanes) is 20. The van der Waals surface area contributed by atoms with Gasteiger partial charge in [-0.2, -0.15) is 0 Å². The van der Waals surface area contributed by atoms with Gasteiger partial charge in [0.1, 0.15) is 13.2 Å². The zero-order valence-corrected chi connectivity index (χ0v) is 53.4. The molecule has 6 nitrogen and oxygen atoms in total. The molecule has 0 heterocycles. The summed E-state index contributed by atoms with van der Waals surface area (Å²) in [7, 11) is 0. The molecule has 466 valence electrons. The second-order valence-electron chi connectivity index (χ2n) is 21.6. The highest BCUT2D eigenvalue weighted by atomic mass is 16.6. The van der Waals surface area contributed by atoms with Gasteiger partial charge in [0.25, 0.3) is 0 Å². The van der Waals surface area contributed by atoms with Gasteiger partial charge in [0.15, 0.2) is 6.10 Å². The number of hydrogen-bond donors (Lipinski definition) is 0. The summed E-state index contributed by atoms with van der Waals surface area (Å²) in [5.41, 5.74) is 0. The van der Waals surface area contributed by atoms with Gasteiger partial charge in [-0.15, -0.1) is 0 Å². The van der Waals surface area contributed by atoms with Crippen molar-refractivity contribution >= 4 is 17.9 Å². The summed E-state index contributed by atoms with van der Waals surface area (Å²) in [4.78, 5) is 38.4. The van der Waals surface area contributed by atoms with Crippen molar-refractivity contribution in [2.45, 2.75) is 284 Å². The van der Waals surface area contributed by atoms with Crippen molar-refractivity contribution in [3.63, 3.8) is 0 Å². The van der Waals surface area contributed by atoms with Crippen LogP contribution in [0.25, 0.3) is 0 Å². The summed E-state index contributed by atoms with van der Waals surface area (Å²) in [5, 5.41) is 0. The quantitative estimate of drug-likeness (QED) is 0.0261. The Labute approximate surface area is 511 Å². The fourth-order valence-electron chi connectivity index (χ4n) is 8.71. The molecule has 0 amide bonds. The molecule has 0 saturated heterocycles. The molecule has 0 aliphatic rings. The molecular weight excluding hydrogens is 1020 g/mol.